The van der Waals surface area contributed by atoms with Crippen LogP contribution in [0.25, 0.3) is 22.4 Å². The summed E-state index contributed by atoms with van der Waals surface area (Å²) in [4.78, 5) is 28.6. The van der Waals surface area contributed by atoms with Crippen LogP contribution in [0.5, 0.6) is 0 Å². The number of anilines is 1. The van der Waals surface area contributed by atoms with Crippen molar-refractivity contribution in [1.82, 2.24) is 19.2 Å². The maximum atomic E-state index is 13.6. The van der Waals surface area contributed by atoms with Crippen LogP contribution < -0.4 is 10.5 Å². The second-order valence-electron chi connectivity index (χ2n) is 8.73. The highest BCUT2D eigenvalue weighted by Gasteiger charge is 2.25. The van der Waals surface area contributed by atoms with Gasteiger partial charge >= 0.3 is 0 Å². The summed E-state index contributed by atoms with van der Waals surface area (Å²) in [5.41, 5.74) is 5.53. The van der Waals surface area contributed by atoms with Crippen molar-refractivity contribution in [3.63, 3.8) is 0 Å². The van der Waals surface area contributed by atoms with E-state index in [1.807, 2.05) is 83.8 Å². The third-order valence-electron chi connectivity index (χ3n) is 6.57. The predicted octanol–water partition coefficient (Wildman–Crippen LogP) is 4.33. The Hall–Kier alpha value is -3.91. The SMILES string of the molecule is Cc1cccc(C)c1-n1c(=O)c2ccccc2n2c(SCC(=O)N3CCc4ccccc43)nnc12. The number of aromatic nitrogens is 4. The molecule has 0 saturated heterocycles. The number of benzene rings is 3. The Morgan fingerprint density at radius 1 is 0.943 bits per heavy atom. The van der Waals surface area contributed by atoms with Crippen LogP contribution in [-0.4, -0.2) is 37.4 Å². The first kappa shape index (κ1) is 21.6. The fraction of sp³-hybridized carbons (Fsp3) is 0.185. The molecular formula is C27H23N5O2S. The Labute approximate surface area is 206 Å². The van der Waals surface area contributed by atoms with Crippen molar-refractivity contribution >= 4 is 40.0 Å². The maximum Gasteiger partial charge on any atom is 0.267 e. The highest BCUT2D eigenvalue weighted by Crippen LogP contribution is 2.30. The first-order valence-electron chi connectivity index (χ1n) is 11.5. The molecule has 8 heteroatoms. The van der Waals surface area contributed by atoms with E-state index in [-0.39, 0.29) is 17.2 Å². The van der Waals surface area contributed by atoms with Crippen LogP contribution in [0, 0.1) is 13.8 Å². The van der Waals surface area contributed by atoms with Crippen LogP contribution in [0.3, 0.4) is 0 Å². The summed E-state index contributed by atoms with van der Waals surface area (Å²) >= 11 is 1.34. The minimum absolute atomic E-state index is 0.0316. The van der Waals surface area contributed by atoms with Crippen molar-refractivity contribution in [1.29, 1.82) is 0 Å². The van der Waals surface area contributed by atoms with Gasteiger partial charge in [0.2, 0.25) is 11.7 Å². The fourth-order valence-electron chi connectivity index (χ4n) is 4.93. The summed E-state index contributed by atoms with van der Waals surface area (Å²) in [5.74, 6) is 0.697. The standard InChI is InChI=1S/C27H23N5O2S/c1-17-8-7-9-18(2)24(17)32-25(34)20-11-4-6-13-22(20)31-26(32)28-29-27(31)35-16-23(33)30-15-14-19-10-3-5-12-21(19)30/h3-13H,14-16H2,1-2H3. The molecule has 174 valence electrons. The lowest BCUT2D eigenvalue weighted by Gasteiger charge is -2.17. The first-order valence-corrected chi connectivity index (χ1v) is 12.5. The summed E-state index contributed by atoms with van der Waals surface area (Å²) in [5, 5.41) is 10.0. The van der Waals surface area contributed by atoms with Crippen LogP contribution >= 0.6 is 11.8 Å². The van der Waals surface area contributed by atoms with E-state index in [1.54, 1.807) is 4.57 Å². The van der Waals surface area contributed by atoms with Gasteiger partial charge in [0, 0.05) is 12.2 Å². The van der Waals surface area contributed by atoms with E-state index in [4.69, 9.17) is 0 Å². The molecule has 2 aromatic heterocycles. The third kappa shape index (κ3) is 3.44. The molecule has 0 saturated carbocycles. The molecule has 3 aromatic carbocycles. The first-order chi connectivity index (χ1) is 17.0. The van der Waals surface area contributed by atoms with Crippen LogP contribution in [0.1, 0.15) is 16.7 Å². The van der Waals surface area contributed by atoms with E-state index in [0.717, 1.165) is 34.4 Å². The predicted molar refractivity (Wildman–Crippen MR) is 139 cm³/mol. The molecule has 3 heterocycles. The molecule has 0 spiro atoms. The number of amides is 1. The van der Waals surface area contributed by atoms with Crippen LogP contribution in [0.15, 0.2) is 76.7 Å². The quantitative estimate of drug-likeness (QED) is 0.357. The monoisotopic (exact) mass is 481 g/mol. The van der Waals surface area contributed by atoms with Gasteiger partial charge in [-0.3, -0.25) is 14.0 Å². The van der Waals surface area contributed by atoms with Gasteiger partial charge in [-0.25, -0.2) is 4.57 Å². The Bertz CT molecular complexity index is 1670. The minimum atomic E-state index is -0.140. The number of carbonyl (C=O) groups is 1. The van der Waals surface area contributed by atoms with E-state index >= 15 is 0 Å². The zero-order valence-corrected chi connectivity index (χ0v) is 20.2. The van der Waals surface area contributed by atoms with Gasteiger partial charge in [-0.05, 0) is 55.2 Å². The Morgan fingerprint density at radius 2 is 1.69 bits per heavy atom. The molecule has 0 aliphatic carbocycles. The van der Waals surface area contributed by atoms with Crippen molar-refractivity contribution in [3.05, 3.63) is 93.8 Å². The lowest BCUT2D eigenvalue weighted by atomic mass is 10.1. The van der Waals surface area contributed by atoms with E-state index in [2.05, 4.69) is 16.3 Å². The number of para-hydroxylation sites is 3. The van der Waals surface area contributed by atoms with Crippen LogP contribution in [-0.2, 0) is 11.2 Å². The second-order valence-corrected chi connectivity index (χ2v) is 9.67. The molecule has 7 nitrogen and oxygen atoms in total. The van der Waals surface area contributed by atoms with E-state index < -0.39 is 0 Å². The lowest BCUT2D eigenvalue weighted by Crippen LogP contribution is -2.30. The smallest absolute Gasteiger partial charge is 0.267 e. The van der Waals surface area contributed by atoms with Gasteiger partial charge in [-0.15, -0.1) is 10.2 Å². The second kappa shape index (κ2) is 8.39. The molecule has 0 fully saturated rings. The highest BCUT2D eigenvalue weighted by atomic mass is 32.2. The highest BCUT2D eigenvalue weighted by molar-refractivity contribution is 7.99. The molecule has 6 rings (SSSR count). The van der Waals surface area contributed by atoms with Crippen LogP contribution in [0.2, 0.25) is 0 Å². The van der Waals surface area contributed by atoms with Crippen LogP contribution in [0.4, 0.5) is 5.69 Å². The molecule has 1 amide bonds. The number of rotatable bonds is 4. The van der Waals surface area contributed by atoms with E-state index in [9.17, 15) is 9.59 Å². The lowest BCUT2D eigenvalue weighted by molar-refractivity contribution is -0.116. The van der Waals surface area contributed by atoms with E-state index in [0.29, 0.717) is 22.9 Å². The van der Waals surface area contributed by atoms with Crippen molar-refractivity contribution < 1.29 is 4.79 Å². The van der Waals surface area contributed by atoms with Gasteiger partial charge < -0.3 is 4.90 Å². The van der Waals surface area contributed by atoms with E-state index in [1.165, 1.54) is 17.3 Å². The molecule has 5 aromatic rings. The van der Waals surface area contributed by atoms with Gasteiger partial charge in [0.25, 0.3) is 5.56 Å². The van der Waals surface area contributed by atoms with Gasteiger partial charge in [0.05, 0.1) is 22.3 Å². The molecule has 0 N–H and O–H groups in total. The number of fused-ring (bicyclic) bond motifs is 4. The Kier molecular flexibility index (Phi) is 5.18. The molecular weight excluding hydrogens is 458 g/mol. The molecule has 0 unspecified atom stereocenters. The molecule has 0 radical (unpaired) electrons. The normalized spacial score (nSPS) is 13.0. The summed E-state index contributed by atoms with van der Waals surface area (Å²) in [7, 11) is 0. The number of thioether (sulfide) groups is 1. The van der Waals surface area contributed by atoms with Crippen molar-refractivity contribution in [2.24, 2.45) is 0 Å². The largest absolute Gasteiger partial charge is 0.311 e. The minimum Gasteiger partial charge on any atom is -0.311 e. The summed E-state index contributed by atoms with van der Waals surface area (Å²) < 4.78 is 3.53. The van der Waals surface area contributed by atoms with Crippen molar-refractivity contribution in [2.75, 3.05) is 17.2 Å². The summed E-state index contributed by atoms with van der Waals surface area (Å²) in [6.07, 6.45) is 0.868. The maximum absolute atomic E-state index is 13.6. The number of nitrogens with zero attached hydrogens (tertiary/aromatic N) is 5. The number of hydrogen-bond donors (Lipinski definition) is 0. The average Bonchev–Trinajstić information content (AvgIpc) is 3.49. The van der Waals surface area contributed by atoms with Gasteiger partial charge in [0.15, 0.2) is 5.16 Å². The summed E-state index contributed by atoms with van der Waals surface area (Å²) in [6.45, 7) is 4.66. The molecule has 0 bridgehead atoms. The Balaban J connectivity index is 1.45. The third-order valence-corrected chi connectivity index (χ3v) is 7.48. The zero-order chi connectivity index (χ0) is 24.1. The Morgan fingerprint density at radius 3 is 2.51 bits per heavy atom. The van der Waals surface area contributed by atoms with Gasteiger partial charge in [-0.1, -0.05) is 60.3 Å². The van der Waals surface area contributed by atoms with Gasteiger partial charge in [-0.2, -0.15) is 0 Å². The molecule has 0 atom stereocenters. The number of aryl methyl sites for hydroxylation is 2. The average molecular weight is 482 g/mol. The van der Waals surface area contributed by atoms with Crippen molar-refractivity contribution in [3.8, 4) is 5.69 Å². The molecule has 1 aliphatic rings. The molecule has 1 aliphatic heterocycles. The topological polar surface area (TPSA) is 72.5 Å². The van der Waals surface area contributed by atoms with Crippen molar-refractivity contribution in [2.45, 2.75) is 25.4 Å². The number of carbonyl (C=O) groups excluding carboxylic acids is 1. The van der Waals surface area contributed by atoms with Gasteiger partial charge in [0.1, 0.15) is 0 Å². The zero-order valence-electron chi connectivity index (χ0n) is 19.4. The number of hydrogen-bond acceptors (Lipinski definition) is 5. The fourth-order valence-corrected chi connectivity index (χ4v) is 5.75. The molecule has 35 heavy (non-hydrogen) atoms. The summed E-state index contributed by atoms with van der Waals surface area (Å²) in [6, 6.07) is 21.4.